The average molecular weight is 230 g/mol. The van der Waals surface area contributed by atoms with Crippen LogP contribution >= 0.6 is 0 Å². The topological polar surface area (TPSA) is 17.1 Å². The van der Waals surface area contributed by atoms with E-state index in [1.807, 2.05) is 13.0 Å². The molecule has 0 N–H and O–H groups in total. The second-order valence-electron chi connectivity index (χ2n) is 5.24. The molecule has 2 rings (SSSR count). The maximum atomic E-state index is 12.2. The standard InChI is InChI=1S/C16H22O/c1-3-6-12(2)16(17)15-10-9-13-7-4-5-8-14(13)11-15/h9-12H,3-8H2,1-2H3. The van der Waals surface area contributed by atoms with Gasteiger partial charge in [-0.3, -0.25) is 4.79 Å². The van der Waals surface area contributed by atoms with Crippen LogP contribution in [0.25, 0.3) is 0 Å². The number of carbonyl (C=O) groups excluding carboxylic acids is 1. The monoisotopic (exact) mass is 230 g/mol. The molecule has 0 aliphatic heterocycles. The molecule has 0 heterocycles. The van der Waals surface area contributed by atoms with Crippen molar-refractivity contribution in [3.63, 3.8) is 0 Å². The van der Waals surface area contributed by atoms with Gasteiger partial charge in [0.05, 0.1) is 0 Å². The zero-order valence-corrected chi connectivity index (χ0v) is 11.0. The van der Waals surface area contributed by atoms with Gasteiger partial charge in [-0.15, -0.1) is 0 Å². The van der Waals surface area contributed by atoms with Gasteiger partial charge in [-0.05, 0) is 49.3 Å². The Kier molecular flexibility index (Phi) is 3.98. The lowest BCUT2D eigenvalue weighted by Crippen LogP contribution is -2.12. The Balaban J connectivity index is 2.19. The zero-order chi connectivity index (χ0) is 12.3. The van der Waals surface area contributed by atoms with Crippen LogP contribution in [0.1, 0.15) is 61.0 Å². The maximum absolute atomic E-state index is 12.2. The van der Waals surface area contributed by atoms with Gasteiger partial charge in [-0.2, -0.15) is 0 Å². The number of rotatable bonds is 4. The molecule has 17 heavy (non-hydrogen) atoms. The first-order valence-corrected chi connectivity index (χ1v) is 6.88. The van der Waals surface area contributed by atoms with E-state index in [1.54, 1.807) is 0 Å². The van der Waals surface area contributed by atoms with Crippen molar-refractivity contribution >= 4 is 5.78 Å². The Morgan fingerprint density at radius 1 is 1.24 bits per heavy atom. The van der Waals surface area contributed by atoms with Gasteiger partial charge in [0.15, 0.2) is 5.78 Å². The lowest BCUT2D eigenvalue weighted by Gasteiger charge is -2.17. The maximum Gasteiger partial charge on any atom is 0.165 e. The van der Waals surface area contributed by atoms with Crippen LogP contribution in [0.2, 0.25) is 0 Å². The van der Waals surface area contributed by atoms with Gasteiger partial charge >= 0.3 is 0 Å². The number of Topliss-reactive ketones (excluding diaryl/α,β-unsaturated/α-hetero) is 1. The average Bonchev–Trinajstić information content (AvgIpc) is 2.37. The lowest BCUT2D eigenvalue weighted by molar-refractivity contribution is 0.0923. The molecule has 0 saturated heterocycles. The molecule has 0 saturated carbocycles. The second-order valence-corrected chi connectivity index (χ2v) is 5.24. The van der Waals surface area contributed by atoms with Crippen molar-refractivity contribution in [1.82, 2.24) is 0 Å². The summed E-state index contributed by atoms with van der Waals surface area (Å²) in [5.74, 6) is 0.488. The number of carbonyl (C=O) groups is 1. The van der Waals surface area contributed by atoms with E-state index < -0.39 is 0 Å². The molecule has 1 aliphatic rings. The van der Waals surface area contributed by atoms with Gasteiger partial charge in [0.2, 0.25) is 0 Å². The highest BCUT2D eigenvalue weighted by Gasteiger charge is 2.16. The van der Waals surface area contributed by atoms with E-state index in [2.05, 4.69) is 19.1 Å². The van der Waals surface area contributed by atoms with Gasteiger partial charge in [0, 0.05) is 11.5 Å². The SMILES string of the molecule is CCCC(C)C(=O)c1ccc2c(c1)CCCC2. The van der Waals surface area contributed by atoms with Crippen LogP contribution in [0.3, 0.4) is 0 Å². The van der Waals surface area contributed by atoms with Crippen LogP contribution in [0.5, 0.6) is 0 Å². The van der Waals surface area contributed by atoms with Crippen molar-refractivity contribution < 1.29 is 4.79 Å². The van der Waals surface area contributed by atoms with E-state index in [0.717, 1.165) is 24.8 Å². The van der Waals surface area contributed by atoms with Crippen molar-refractivity contribution in [2.75, 3.05) is 0 Å². The molecular weight excluding hydrogens is 208 g/mol. The Bertz CT molecular complexity index is 406. The summed E-state index contributed by atoms with van der Waals surface area (Å²) in [5.41, 5.74) is 3.79. The number of fused-ring (bicyclic) bond motifs is 1. The molecule has 0 aromatic heterocycles. The zero-order valence-electron chi connectivity index (χ0n) is 11.0. The number of aryl methyl sites for hydroxylation is 2. The molecule has 1 nitrogen and oxygen atoms in total. The highest BCUT2D eigenvalue weighted by Crippen LogP contribution is 2.24. The summed E-state index contributed by atoms with van der Waals surface area (Å²) < 4.78 is 0. The molecule has 1 aliphatic carbocycles. The Labute approximate surface area is 104 Å². The number of hydrogen-bond donors (Lipinski definition) is 0. The first-order valence-electron chi connectivity index (χ1n) is 6.88. The molecule has 1 heteroatoms. The molecule has 0 bridgehead atoms. The molecule has 0 spiro atoms. The Morgan fingerprint density at radius 3 is 2.65 bits per heavy atom. The minimum Gasteiger partial charge on any atom is -0.294 e. The Morgan fingerprint density at radius 2 is 1.94 bits per heavy atom. The number of ketones is 1. The van der Waals surface area contributed by atoms with E-state index in [4.69, 9.17) is 0 Å². The van der Waals surface area contributed by atoms with Crippen LogP contribution in [0.15, 0.2) is 18.2 Å². The van der Waals surface area contributed by atoms with Crippen LogP contribution in [0, 0.1) is 5.92 Å². The molecule has 0 amide bonds. The smallest absolute Gasteiger partial charge is 0.165 e. The van der Waals surface area contributed by atoms with E-state index in [-0.39, 0.29) is 5.92 Å². The van der Waals surface area contributed by atoms with Crippen LogP contribution in [-0.4, -0.2) is 5.78 Å². The molecular formula is C16H22O. The fourth-order valence-electron chi connectivity index (χ4n) is 2.74. The molecule has 92 valence electrons. The summed E-state index contributed by atoms with van der Waals surface area (Å²) in [6.07, 6.45) is 6.99. The molecule has 1 aromatic carbocycles. The van der Waals surface area contributed by atoms with Crippen molar-refractivity contribution in [1.29, 1.82) is 0 Å². The third-order valence-electron chi connectivity index (χ3n) is 3.80. The second kappa shape index (κ2) is 5.48. The van der Waals surface area contributed by atoms with E-state index in [1.165, 1.54) is 30.4 Å². The highest BCUT2D eigenvalue weighted by molar-refractivity contribution is 5.97. The van der Waals surface area contributed by atoms with Crippen LogP contribution in [0.4, 0.5) is 0 Å². The van der Waals surface area contributed by atoms with Crippen molar-refractivity contribution in [3.05, 3.63) is 34.9 Å². The molecule has 1 unspecified atom stereocenters. The largest absolute Gasteiger partial charge is 0.294 e. The third kappa shape index (κ3) is 2.77. The minimum atomic E-state index is 0.168. The van der Waals surface area contributed by atoms with Gasteiger partial charge in [-0.1, -0.05) is 32.4 Å². The van der Waals surface area contributed by atoms with Gasteiger partial charge in [0.25, 0.3) is 0 Å². The van der Waals surface area contributed by atoms with Gasteiger partial charge in [0.1, 0.15) is 0 Å². The number of benzene rings is 1. The fraction of sp³-hybridized carbons (Fsp3) is 0.562. The predicted octanol–water partition coefficient (Wildman–Crippen LogP) is 4.18. The highest BCUT2D eigenvalue weighted by atomic mass is 16.1. The summed E-state index contributed by atoms with van der Waals surface area (Å²) in [7, 11) is 0. The quantitative estimate of drug-likeness (QED) is 0.709. The van der Waals surface area contributed by atoms with E-state index >= 15 is 0 Å². The minimum absolute atomic E-state index is 0.168. The van der Waals surface area contributed by atoms with E-state index in [0.29, 0.717) is 5.78 Å². The van der Waals surface area contributed by atoms with Crippen molar-refractivity contribution in [2.24, 2.45) is 5.92 Å². The lowest BCUT2D eigenvalue weighted by atomic mass is 9.87. The first kappa shape index (κ1) is 12.3. The molecule has 0 radical (unpaired) electrons. The molecule has 1 aromatic rings. The summed E-state index contributed by atoms with van der Waals surface area (Å²) in [6, 6.07) is 6.34. The third-order valence-corrected chi connectivity index (χ3v) is 3.80. The summed E-state index contributed by atoms with van der Waals surface area (Å²) in [4.78, 5) is 12.2. The van der Waals surface area contributed by atoms with Gasteiger partial charge in [-0.25, -0.2) is 0 Å². The van der Waals surface area contributed by atoms with Crippen LogP contribution < -0.4 is 0 Å². The predicted molar refractivity (Wildman–Crippen MR) is 71.5 cm³/mol. The van der Waals surface area contributed by atoms with Crippen molar-refractivity contribution in [3.8, 4) is 0 Å². The summed E-state index contributed by atoms with van der Waals surface area (Å²) >= 11 is 0. The summed E-state index contributed by atoms with van der Waals surface area (Å²) in [5, 5.41) is 0. The number of hydrogen-bond acceptors (Lipinski definition) is 1. The van der Waals surface area contributed by atoms with Gasteiger partial charge < -0.3 is 0 Å². The molecule has 1 atom stereocenters. The Hall–Kier alpha value is -1.11. The van der Waals surface area contributed by atoms with Crippen LogP contribution in [-0.2, 0) is 12.8 Å². The van der Waals surface area contributed by atoms with Crippen molar-refractivity contribution in [2.45, 2.75) is 52.4 Å². The fourth-order valence-corrected chi connectivity index (χ4v) is 2.74. The molecule has 0 fully saturated rings. The van der Waals surface area contributed by atoms with E-state index in [9.17, 15) is 4.79 Å². The normalized spacial score (nSPS) is 16.4. The summed E-state index contributed by atoms with van der Waals surface area (Å²) in [6.45, 7) is 4.18. The first-order chi connectivity index (χ1) is 8.22.